The van der Waals surface area contributed by atoms with E-state index in [1.165, 1.54) is 16.3 Å². The SMILES string of the molecule is CC(C)C[C@H](N)c1cccc2ccccc12. The Morgan fingerprint density at radius 2 is 1.69 bits per heavy atom. The molecule has 0 aliphatic carbocycles. The second kappa shape index (κ2) is 4.67. The van der Waals surface area contributed by atoms with Gasteiger partial charge in [0.1, 0.15) is 0 Å². The Balaban J connectivity index is 2.44. The van der Waals surface area contributed by atoms with Gasteiger partial charge in [-0.05, 0) is 28.7 Å². The van der Waals surface area contributed by atoms with Crippen LogP contribution >= 0.6 is 0 Å². The molecule has 1 nitrogen and oxygen atoms in total. The zero-order valence-corrected chi connectivity index (χ0v) is 9.98. The molecule has 0 amide bonds. The molecule has 2 aromatic carbocycles. The maximum absolute atomic E-state index is 6.26. The molecule has 0 saturated heterocycles. The van der Waals surface area contributed by atoms with Crippen LogP contribution in [-0.4, -0.2) is 0 Å². The summed E-state index contributed by atoms with van der Waals surface area (Å²) in [5, 5.41) is 2.57. The molecule has 2 N–H and O–H groups in total. The zero-order valence-electron chi connectivity index (χ0n) is 9.98. The van der Waals surface area contributed by atoms with Gasteiger partial charge in [-0.25, -0.2) is 0 Å². The largest absolute Gasteiger partial charge is 0.324 e. The molecule has 1 heteroatoms. The first-order valence-corrected chi connectivity index (χ1v) is 5.91. The van der Waals surface area contributed by atoms with Crippen LogP contribution in [-0.2, 0) is 0 Å². The van der Waals surface area contributed by atoms with Gasteiger partial charge >= 0.3 is 0 Å². The fourth-order valence-corrected chi connectivity index (χ4v) is 2.21. The van der Waals surface area contributed by atoms with Gasteiger partial charge in [-0.15, -0.1) is 0 Å². The highest BCUT2D eigenvalue weighted by molar-refractivity contribution is 5.86. The lowest BCUT2D eigenvalue weighted by molar-refractivity contribution is 0.512. The molecule has 2 aromatic rings. The summed E-state index contributed by atoms with van der Waals surface area (Å²) in [6.45, 7) is 4.43. The van der Waals surface area contributed by atoms with Crippen molar-refractivity contribution in [3.8, 4) is 0 Å². The minimum Gasteiger partial charge on any atom is -0.324 e. The lowest BCUT2D eigenvalue weighted by atomic mass is 9.93. The number of hydrogen-bond acceptors (Lipinski definition) is 1. The molecule has 16 heavy (non-hydrogen) atoms. The van der Waals surface area contributed by atoms with Crippen LogP contribution < -0.4 is 5.73 Å². The fraction of sp³-hybridized carbons (Fsp3) is 0.333. The Labute approximate surface area is 97.3 Å². The number of benzene rings is 2. The van der Waals surface area contributed by atoms with Crippen molar-refractivity contribution in [1.29, 1.82) is 0 Å². The minimum atomic E-state index is 0.145. The predicted octanol–water partition coefficient (Wildman–Crippen LogP) is 3.89. The van der Waals surface area contributed by atoms with E-state index in [1.807, 2.05) is 0 Å². The third kappa shape index (κ3) is 2.25. The highest BCUT2D eigenvalue weighted by atomic mass is 14.6. The molecule has 1 atom stereocenters. The Kier molecular flexibility index (Phi) is 3.25. The molecule has 0 aliphatic rings. The summed E-state index contributed by atoms with van der Waals surface area (Å²) in [6, 6.07) is 15.0. The van der Waals surface area contributed by atoms with Gasteiger partial charge in [0.25, 0.3) is 0 Å². The first kappa shape index (κ1) is 11.2. The summed E-state index contributed by atoms with van der Waals surface area (Å²) >= 11 is 0. The van der Waals surface area contributed by atoms with E-state index >= 15 is 0 Å². The summed E-state index contributed by atoms with van der Waals surface area (Å²) in [6.07, 6.45) is 1.04. The quantitative estimate of drug-likeness (QED) is 0.822. The Bertz CT molecular complexity index is 468. The molecule has 0 fully saturated rings. The summed E-state index contributed by atoms with van der Waals surface area (Å²) in [4.78, 5) is 0. The Morgan fingerprint density at radius 1 is 1.00 bits per heavy atom. The number of nitrogens with two attached hydrogens (primary N) is 1. The molecule has 0 aromatic heterocycles. The van der Waals surface area contributed by atoms with Crippen LogP contribution in [0.2, 0.25) is 0 Å². The average Bonchev–Trinajstić information content (AvgIpc) is 2.27. The van der Waals surface area contributed by atoms with Gasteiger partial charge < -0.3 is 5.73 Å². The molecule has 0 aliphatic heterocycles. The van der Waals surface area contributed by atoms with Crippen LogP contribution in [0.1, 0.15) is 31.9 Å². The first-order valence-electron chi connectivity index (χ1n) is 5.91. The fourth-order valence-electron chi connectivity index (χ4n) is 2.21. The van der Waals surface area contributed by atoms with Crippen LogP contribution in [0.5, 0.6) is 0 Å². The maximum atomic E-state index is 6.26. The first-order chi connectivity index (χ1) is 7.68. The normalized spacial score (nSPS) is 13.2. The third-order valence-corrected chi connectivity index (χ3v) is 2.95. The lowest BCUT2D eigenvalue weighted by Gasteiger charge is -2.16. The van der Waals surface area contributed by atoms with E-state index in [1.54, 1.807) is 0 Å². The van der Waals surface area contributed by atoms with Crippen molar-refractivity contribution in [2.24, 2.45) is 11.7 Å². The Hall–Kier alpha value is -1.34. The summed E-state index contributed by atoms with van der Waals surface area (Å²) in [5.41, 5.74) is 7.53. The Morgan fingerprint density at radius 3 is 2.44 bits per heavy atom. The standard InChI is InChI=1S/C15H19N/c1-11(2)10-15(16)14-9-5-7-12-6-3-4-8-13(12)14/h3-9,11,15H,10,16H2,1-2H3/t15-/m0/s1. The predicted molar refractivity (Wildman–Crippen MR) is 70.3 cm³/mol. The van der Waals surface area contributed by atoms with Crippen molar-refractivity contribution in [3.63, 3.8) is 0 Å². The van der Waals surface area contributed by atoms with E-state index in [4.69, 9.17) is 5.73 Å². The van der Waals surface area contributed by atoms with Crippen molar-refractivity contribution in [2.45, 2.75) is 26.3 Å². The average molecular weight is 213 g/mol. The van der Waals surface area contributed by atoms with E-state index in [9.17, 15) is 0 Å². The molecule has 0 radical (unpaired) electrons. The van der Waals surface area contributed by atoms with Crippen molar-refractivity contribution in [2.75, 3.05) is 0 Å². The summed E-state index contributed by atoms with van der Waals surface area (Å²) < 4.78 is 0. The van der Waals surface area contributed by atoms with Gasteiger partial charge in [-0.3, -0.25) is 0 Å². The van der Waals surface area contributed by atoms with Crippen LogP contribution in [0.4, 0.5) is 0 Å². The van der Waals surface area contributed by atoms with Crippen molar-refractivity contribution in [3.05, 3.63) is 48.0 Å². The van der Waals surface area contributed by atoms with E-state index < -0.39 is 0 Å². The molecule has 0 spiro atoms. The molecule has 2 rings (SSSR count). The van der Waals surface area contributed by atoms with Gasteiger partial charge in [0.05, 0.1) is 0 Å². The topological polar surface area (TPSA) is 26.0 Å². The third-order valence-electron chi connectivity index (χ3n) is 2.95. The highest BCUT2D eigenvalue weighted by Gasteiger charge is 2.10. The molecule has 0 saturated carbocycles. The van der Waals surface area contributed by atoms with Crippen LogP contribution in [0, 0.1) is 5.92 Å². The number of fused-ring (bicyclic) bond motifs is 1. The van der Waals surface area contributed by atoms with E-state index in [0.29, 0.717) is 5.92 Å². The van der Waals surface area contributed by atoms with Crippen LogP contribution in [0.3, 0.4) is 0 Å². The van der Waals surface area contributed by atoms with Gasteiger partial charge in [0.2, 0.25) is 0 Å². The summed E-state index contributed by atoms with van der Waals surface area (Å²) in [7, 11) is 0. The van der Waals surface area contributed by atoms with E-state index in [0.717, 1.165) is 6.42 Å². The lowest BCUT2D eigenvalue weighted by Crippen LogP contribution is -2.13. The second-order valence-electron chi connectivity index (χ2n) is 4.80. The monoisotopic (exact) mass is 213 g/mol. The van der Waals surface area contributed by atoms with Crippen molar-refractivity contribution in [1.82, 2.24) is 0 Å². The van der Waals surface area contributed by atoms with Gasteiger partial charge in [0, 0.05) is 6.04 Å². The summed E-state index contributed by atoms with van der Waals surface area (Å²) in [5.74, 6) is 0.633. The number of hydrogen-bond donors (Lipinski definition) is 1. The molecule has 0 bridgehead atoms. The highest BCUT2D eigenvalue weighted by Crippen LogP contribution is 2.26. The molecular formula is C15H19N. The molecule has 0 heterocycles. The second-order valence-corrected chi connectivity index (χ2v) is 4.80. The van der Waals surface area contributed by atoms with E-state index in [-0.39, 0.29) is 6.04 Å². The number of rotatable bonds is 3. The van der Waals surface area contributed by atoms with Gasteiger partial charge in [-0.1, -0.05) is 56.3 Å². The maximum Gasteiger partial charge on any atom is 0.0303 e. The van der Waals surface area contributed by atoms with Crippen LogP contribution in [0.15, 0.2) is 42.5 Å². The smallest absolute Gasteiger partial charge is 0.0303 e. The van der Waals surface area contributed by atoms with Crippen LogP contribution in [0.25, 0.3) is 10.8 Å². The van der Waals surface area contributed by atoms with Crippen molar-refractivity contribution >= 4 is 10.8 Å². The molecule has 0 unspecified atom stereocenters. The van der Waals surface area contributed by atoms with Gasteiger partial charge in [0.15, 0.2) is 0 Å². The molecular weight excluding hydrogens is 194 g/mol. The van der Waals surface area contributed by atoms with E-state index in [2.05, 4.69) is 56.3 Å². The van der Waals surface area contributed by atoms with Gasteiger partial charge in [-0.2, -0.15) is 0 Å². The molecule has 84 valence electrons. The zero-order chi connectivity index (χ0) is 11.5. The minimum absolute atomic E-state index is 0.145. The van der Waals surface area contributed by atoms with Crippen molar-refractivity contribution < 1.29 is 0 Å².